The van der Waals surface area contributed by atoms with Crippen LogP contribution in [0, 0.1) is 0 Å². The molecule has 0 aromatic heterocycles. The van der Waals surface area contributed by atoms with E-state index in [9.17, 15) is 20.4 Å². The molecule has 0 saturated heterocycles. The van der Waals surface area contributed by atoms with E-state index >= 15 is 0 Å². The van der Waals surface area contributed by atoms with Gasteiger partial charge in [-0.15, -0.1) is 0 Å². The third-order valence-corrected chi connectivity index (χ3v) is 12.6. The molecule has 0 unspecified atom stereocenters. The number of ether oxygens (including phenoxy) is 2. The van der Waals surface area contributed by atoms with Crippen LogP contribution in [0.5, 0.6) is 0 Å². The summed E-state index contributed by atoms with van der Waals surface area (Å²) in [4.78, 5) is 6.56. The highest BCUT2D eigenvalue weighted by Gasteiger charge is 2.17. The Morgan fingerprint density at radius 1 is 0.311 bits per heavy atom. The minimum absolute atomic E-state index is 0.0112. The molecule has 0 bridgehead atoms. The van der Waals surface area contributed by atoms with Crippen molar-refractivity contribution in [1.82, 2.24) is 0 Å². The quantitative estimate of drug-likeness (QED) is 0.0594. The fourth-order valence-electron chi connectivity index (χ4n) is 8.49. The zero-order valence-electron chi connectivity index (χ0n) is 42.3. The lowest BCUT2D eigenvalue weighted by molar-refractivity contribution is 0.0657. The van der Waals surface area contributed by atoms with Crippen molar-refractivity contribution in [1.29, 1.82) is 0 Å². The maximum Gasteiger partial charge on any atom is 0.0720 e. The molecule has 0 radical (unpaired) electrons. The van der Waals surface area contributed by atoms with Crippen molar-refractivity contribution in [3.8, 4) is 11.1 Å². The Morgan fingerprint density at radius 2 is 0.554 bits per heavy atom. The Morgan fingerprint density at radius 3 is 0.811 bits per heavy atom. The summed E-state index contributed by atoms with van der Waals surface area (Å²) in [5.74, 6) is 0. The van der Waals surface area contributed by atoms with Crippen molar-refractivity contribution in [2.45, 2.75) is 66.5 Å². The molecule has 376 valence electrons. The largest absolute Gasteiger partial charge is 0.392 e. The maximum absolute atomic E-state index is 9.54. The second-order valence-electron chi connectivity index (χ2n) is 18.1. The van der Waals surface area contributed by atoms with E-state index < -0.39 is 0 Å². The molecule has 9 aromatic carbocycles. The first-order valence-corrected chi connectivity index (χ1v) is 25.1. The zero-order chi connectivity index (χ0) is 51.7. The van der Waals surface area contributed by atoms with Gasteiger partial charge in [0.1, 0.15) is 0 Å². The topological polar surface area (TPSA) is 109 Å². The number of rotatable bonds is 20. The minimum atomic E-state index is -0.0112. The molecule has 0 atom stereocenters. The molecule has 0 fully saturated rings. The van der Waals surface area contributed by atoms with Crippen LogP contribution in [0.4, 0.5) is 51.2 Å². The minimum Gasteiger partial charge on any atom is -0.392 e. The van der Waals surface area contributed by atoms with E-state index in [-0.39, 0.29) is 32.5 Å². The van der Waals surface area contributed by atoms with Crippen molar-refractivity contribution in [2.24, 2.45) is 0 Å². The molecule has 0 spiro atoms. The highest BCUT2D eigenvalue weighted by atomic mass is 16.5. The molecule has 9 nitrogen and oxygen atoms in total. The van der Waals surface area contributed by atoms with E-state index in [1.54, 1.807) is 0 Å². The van der Waals surface area contributed by atoms with Gasteiger partial charge < -0.3 is 44.6 Å². The number of hydrogen-bond donors (Lipinski definition) is 4. The van der Waals surface area contributed by atoms with E-state index in [1.807, 2.05) is 110 Å². The van der Waals surface area contributed by atoms with E-state index in [2.05, 4.69) is 150 Å². The first-order chi connectivity index (χ1) is 36.3. The molecule has 9 heteroatoms. The Kier molecular flexibility index (Phi) is 18.6. The monoisotopic (exact) mass is 983 g/mol. The van der Waals surface area contributed by atoms with E-state index in [0.29, 0.717) is 13.2 Å². The van der Waals surface area contributed by atoms with Gasteiger partial charge in [-0.2, -0.15) is 0 Å². The van der Waals surface area contributed by atoms with Crippen molar-refractivity contribution in [2.75, 3.05) is 21.3 Å². The van der Waals surface area contributed by atoms with Crippen LogP contribution in [0.2, 0.25) is 0 Å². The third-order valence-electron chi connectivity index (χ3n) is 12.6. The first-order valence-electron chi connectivity index (χ1n) is 25.1. The summed E-state index contributed by atoms with van der Waals surface area (Å²) in [6, 6.07) is 75.8. The van der Waals surface area contributed by atoms with Crippen LogP contribution in [0.1, 0.15) is 54.2 Å². The molecule has 0 saturated carbocycles. The number of aliphatic hydroxyl groups excluding tert-OH is 4. The van der Waals surface area contributed by atoms with Crippen molar-refractivity contribution < 1.29 is 29.9 Å². The second kappa shape index (κ2) is 26.2. The average Bonchev–Trinajstić information content (AvgIpc) is 3.46. The summed E-state index contributed by atoms with van der Waals surface area (Å²) in [5.41, 5.74) is 17.1. The Hall–Kier alpha value is -7.86. The van der Waals surface area contributed by atoms with Gasteiger partial charge in [0.25, 0.3) is 0 Å². The van der Waals surface area contributed by atoms with Gasteiger partial charge in [-0.1, -0.05) is 115 Å². The fourth-order valence-corrected chi connectivity index (χ4v) is 8.49. The number of benzene rings is 9. The standard InChI is InChI=1S/C40H36N2O4.C25H29NO2/c43-25-29-1-13-35(14-2-29)41(36-15-3-30(26-44)4-16-36)39-21-9-33(10-22-39)34-11-23-40(24-12-34)42(37-17-5-31(27-45)6-18-37)38-19-7-32(28-46)8-20-38;1-4-27-18-21-10-14-24(15-11-21)26(23-8-6-5-7-9-23)25-16-12-22(13-17-25)19-28-20(2)3/h1-24,43-46H,25-28H2;5-17,20H,4,18-19H2,1-3H3. The number of anilines is 9. The molecule has 0 amide bonds. The molecular formula is C65H65N3O6. The van der Waals surface area contributed by atoms with Gasteiger partial charge in [-0.25, -0.2) is 0 Å². The molecule has 74 heavy (non-hydrogen) atoms. The van der Waals surface area contributed by atoms with Crippen molar-refractivity contribution in [3.05, 3.63) is 258 Å². The van der Waals surface area contributed by atoms with Crippen molar-refractivity contribution >= 4 is 51.2 Å². The number of aliphatic hydroxyl groups is 4. The second-order valence-corrected chi connectivity index (χ2v) is 18.1. The highest BCUT2D eigenvalue weighted by molar-refractivity contribution is 5.81. The van der Waals surface area contributed by atoms with E-state index in [1.165, 1.54) is 11.1 Å². The van der Waals surface area contributed by atoms with Crippen LogP contribution in [0.25, 0.3) is 11.1 Å². The fraction of sp³-hybridized carbons (Fsp3) is 0.169. The molecule has 0 aliphatic heterocycles. The first kappa shape index (κ1) is 52.5. The van der Waals surface area contributed by atoms with Crippen molar-refractivity contribution in [3.63, 3.8) is 0 Å². The van der Waals surface area contributed by atoms with Gasteiger partial charge in [0.2, 0.25) is 0 Å². The average molecular weight is 984 g/mol. The molecule has 9 aromatic rings. The molecule has 0 heterocycles. The zero-order valence-corrected chi connectivity index (χ0v) is 42.3. The van der Waals surface area contributed by atoms with Gasteiger partial charge in [0.15, 0.2) is 0 Å². The highest BCUT2D eigenvalue weighted by Crippen LogP contribution is 2.39. The number of nitrogens with zero attached hydrogens (tertiary/aromatic N) is 3. The lowest BCUT2D eigenvalue weighted by Crippen LogP contribution is -2.10. The summed E-state index contributed by atoms with van der Waals surface area (Å²) in [6.07, 6.45) is 0.232. The Labute approximate surface area is 436 Å². The summed E-state index contributed by atoms with van der Waals surface area (Å²) < 4.78 is 11.2. The Bertz CT molecular complexity index is 2820. The predicted molar refractivity (Wildman–Crippen MR) is 301 cm³/mol. The van der Waals surface area contributed by atoms with Gasteiger partial charge >= 0.3 is 0 Å². The molecule has 0 aliphatic rings. The van der Waals surface area contributed by atoms with Crippen LogP contribution < -0.4 is 14.7 Å². The third kappa shape index (κ3) is 13.6. The summed E-state index contributed by atoms with van der Waals surface area (Å²) in [7, 11) is 0. The smallest absolute Gasteiger partial charge is 0.0720 e. The van der Waals surface area contributed by atoms with Gasteiger partial charge in [-0.05, 0) is 174 Å². The van der Waals surface area contributed by atoms with Gasteiger partial charge in [0, 0.05) is 57.8 Å². The summed E-state index contributed by atoms with van der Waals surface area (Å²) >= 11 is 0. The summed E-state index contributed by atoms with van der Waals surface area (Å²) in [5, 5.41) is 38.2. The van der Waals surface area contributed by atoms with Gasteiger partial charge in [0.05, 0.1) is 45.7 Å². The van der Waals surface area contributed by atoms with E-state index in [0.717, 1.165) is 91.2 Å². The molecule has 4 N–H and O–H groups in total. The molecule has 0 aliphatic carbocycles. The van der Waals surface area contributed by atoms with Crippen LogP contribution in [-0.2, 0) is 49.1 Å². The van der Waals surface area contributed by atoms with Crippen LogP contribution >= 0.6 is 0 Å². The lowest BCUT2D eigenvalue weighted by atomic mass is 10.0. The predicted octanol–water partition coefficient (Wildman–Crippen LogP) is 14.9. The van der Waals surface area contributed by atoms with Gasteiger partial charge in [-0.3, -0.25) is 0 Å². The van der Waals surface area contributed by atoms with Crippen LogP contribution in [0.3, 0.4) is 0 Å². The van der Waals surface area contributed by atoms with Crippen LogP contribution in [0.15, 0.2) is 224 Å². The number of hydrogen-bond acceptors (Lipinski definition) is 9. The Balaban J connectivity index is 0.000000223. The lowest BCUT2D eigenvalue weighted by Gasteiger charge is -2.26. The van der Waals surface area contributed by atoms with E-state index in [4.69, 9.17) is 9.47 Å². The maximum atomic E-state index is 9.54. The molecular weight excluding hydrogens is 919 g/mol. The SMILES string of the molecule is CCOCc1ccc(N(c2ccccc2)c2ccc(COC(C)C)cc2)cc1.OCc1ccc(N(c2ccc(CO)cc2)c2ccc(-c3ccc(N(c4ccc(CO)cc4)c4ccc(CO)cc4)cc3)cc2)cc1. The summed E-state index contributed by atoms with van der Waals surface area (Å²) in [6.45, 7) is 8.09. The molecule has 9 rings (SSSR count). The normalized spacial score (nSPS) is 11.0. The number of para-hydroxylation sites is 1. The van der Waals surface area contributed by atoms with Crippen LogP contribution in [-0.4, -0.2) is 33.1 Å².